The van der Waals surface area contributed by atoms with Crippen molar-refractivity contribution in [2.24, 2.45) is 10.8 Å². The quantitative estimate of drug-likeness (QED) is 0.148. The summed E-state index contributed by atoms with van der Waals surface area (Å²) < 4.78 is 18.9. The van der Waals surface area contributed by atoms with Crippen LogP contribution in [-0.4, -0.2) is 49.3 Å². The lowest BCUT2D eigenvalue weighted by atomic mass is 9.85. The number of nitrogens with zero attached hydrogens (tertiary/aromatic N) is 6. The smallest absolute Gasteiger partial charge is 0.161 e. The minimum atomic E-state index is 0.163. The summed E-state index contributed by atoms with van der Waals surface area (Å²) in [6.45, 7) is 61.5. The van der Waals surface area contributed by atoms with Crippen LogP contribution in [0, 0.1) is 10.8 Å². The molecule has 0 fully saturated rings. The number of pyridine rings is 2. The van der Waals surface area contributed by atoms with Crippen LogP contribution in [0.4, 0.5) is 0 Å². The number of para-hydroxylation sites is 4. The largest absolute Gasteiger partial charge is 0.486 e. The monoisotopic (exact) mass is 1250 g/mol. The van der Waals surface area contributed by atoms with Gasteiger partial charge in [0.15, 0.2) is 11.5 Å². The van der Waals surface area contributed by atoms with E-state index in [2.05, 4.69) is 242 Å². The first kappa shape index (κ1) is 81.1. The fourth-order valence-electron chi connectivity index (χ4n) is 9.07. The number of benzene rings is 5. The van der Waals surface area contributed by atoms with Crippen molar-refractivity contribution >= 4 is 32.8 Å². The van der Waals surface area contributed by atoms with E-state index in [4.69, 9.17) is 14.2 Å². The van der Waals surface area contributed by atoms with Crippen molar-refractivity contribution in [2.75, 3.05) is 19.8 Å². The van der Waals surface area contributed by atoms with E-state index in [0.29, 0.717) is 30.1 Å². The molecule has 5 aromatic carbocycles. The van der Waals surface area contributed by atoms with Gasteiger partial charge < -0.3 is 18.8 Å². The van der Waals surface area contributed by atoms with Crippen LogP contribution in [0.3, 0.4) is 0 Å². The molecule has 0 bridgehead atoms. The van der Waals surface area contributed by atoms with Crippen LogP contribution in [-0.2, 0) is 45.8 Å². The lowest BCUT2D eigenvalue weighted by Gasteiger charge is -2.28. The van der Waals surface area contributed by atoms with Crippen LogP contribution in [0.2, 0.25) is 0 Å². The van der Waals surface area contributed by atoms with Crippen molar-refractivity contribution < 1.29 is 14.2 Å². The molecule has 0 spiro atoms. The van der Waals surface area contributed by atoms with Crippen molar-refractivity contribution in [1.82, 2.24) is 29.5 Å². The molecular formula is C83H124N6O3. The van der Waals surface area contributed by atoms with Crippen molar-refractivity contribution in [3.63, 3.8) is 0 Å². The van der Waals surface area contributed by atoms with Crippen LogP contribution in [0.5, 0.6) is 11.5 Å². The van der Waals surface area contributed by atoms with E-state index in [1.165, 1.54) is 62.9 Å². The number of imidazole rings is 1. The van der Waals surface area contributed by atoms with Crippen LogP contribution >= 0.6 is 0 Å². The average Bonchev–Trinajstić information content (AvgIpc) is 1.60. The van der Waals surface area contributed by atoms with Crippen LogP contribution in [0.1, 0.15) is 245 Å². The number of fused-ring (bicyclic) bond motifs is 6. The molecule has 0 amide bonds. The third-order valence-electron chi connectivity index (χ3n) is 13.7. The molecule has 0 saturated carbocycles. The van der Waals surface area contributed by atoms with Gasteiger partial charge in [-0.25, -0.2) is 4.98 Å². The van der Waals surface area contributed by atoms with Gasteiger partial charge in [-0.2, -0.15) is 0 Å². The topological polar surface area (TPSA) is 97.1 Å². The number of ether oxygens (including phenoxy) is 3. The predicted octanol–water partition coefficient (Wildman–Crippen LogP) is 23.5. The Kier molecular flexibility index (Phi) is 34.3. The molecule has 1 atom stereocenters. The summed E-state index contributed by atoms with van der Waals surface area (Å²) in [5, 5.41) is 2.42. The van der Waals surface area contributed by atoms with Gasteiger partial charge in [0.2, 0.25) is 0 Å². The molecule has 7 heterocycles. The molecule has 9 nitrogen and oxygen atoms in total. The van der Waals surface area contributed by atoms with Crippen LogP contribution < -0.4 is 9.47 Å². The van der Waals surface area contributed by atoms with Gasteiger partial charge >= 0.3 is 0 Å². The maximum atomic E-state index is 5.53. The standard InChI is InChI=1S/C13H15N.C13H18O.C12H20N2.C12H16O2.C9H7N.C8H6N2.2C5H12.3C2H6/c1-13(2,3)11-8-10-6-4-5-7-12(10)14-9-11;1-13(2,3)12-5-4-10-6-7-14-9-11(10)8-12;1-9-6-5-7-11-13-8-10(14(9)11)12(2,3)4;1-12(2,3)9-4-5-10-11(8-9)14-7-6-13-10;1-2-6-9-8(4-1)5-3-7-10-9;1-2-4-8-7(3-1)9-5-6-10-8;2*1-5(2,3)4;3*1-2/h4-9H,1-3H3;4-5,8H,6-7,9H2,1-3H3;8-9H,5-7H2,1-4H3;4-5,8H,6-7H2,1-3H3;1-7H;1-6H;2*1-4H3;3*1-2H3. The van der Waals surface area contributed by atoms with Gasteiger partial charge in [-0.05, 0) is 130 Å². The molecule has 0 saturated heterocycles. The van der Waals surface area contributed by atoms with Gasteiger partial charge in [0, 0.05) is 65.3 Å². The maximum absolute atomic E-state index is 5.53. The maximum Gasteiger partial charge on any atom is 0.161 e. The van der Waals surface area contributed by atoms with Gasteiger partial charge in [-0.3, -0.25) is 19.9 Å². The van der Waals surface area contributed by atoms with E-state index in [9.17, 15) is 0 Å². The summed E-state index contributed by atoms with van der Waals surface area (Å²) >= 11 is 0. The minimum absolute atomic E-state index is 0.163. The number of hydrogen-bond donors (Lipinski definition) is 0. The van der Waals surface area contributed by atoms with E-state index in [1.807, 2.05) is 121 Å². The van der Waals surface area contributed by atoms with Gasteiger partial charge in [0.05, 0.1) is 35.3 Å². The van der Waals surface area contributed by atoms with E-state index in [-0.39, 0.29) is 21.7 Å². The summed E-state index contributed by atoms with van der Waals surface area (Å²) in [4.78, 5) is 21.4. The SMILES string of the molecule is CC.CC.CC.CC(C)(C)C.CC(C)(C)C.CC(C)(C)c1ccc2c(c1)COCC2.CC(C)(C)c1ccc2c(c1)OCCO2.CC(C)(C)c1cnc2ccccc2c1.CC1CCCc2ncc(C(C)(C)C)n21.c1ccc2ncccc2c1.c1ccc2nccnc2c1. The van der Waals surface area contributed by atoms with Gasteiger partial charge in [0.25, 0.3) is 0 Å². The molecule has 0 N–H and O–H groups in total. The Morgan fingerprint density at radius 3 is 1.37 bits per heavy atom. The first-order valence-corrected chi connectivity index (χ1v) is 34.1. The number of hydrogen-bond acceptors (Lipinski definition) is 8. The Hall–Kier alpha value is -6.97. The molecule has 92 heavy (non-hydrogen) atoms. The fourth-order valence-corrected chi connectivity index (χ4v) is 9.07. The van der Waals surface area contributed by atoms with E-state index in [0.717, 1.165) is 59.6 Å². The van der Waals surface area contributed by atoms with Crippen molar-refractivity contribution in [2.45, 2.75) is 247 Å². The Morgan fingerprint density at radius 2 is 0.848 bits per heavy atom. The highest BCUT2D eigenvalue weighted by Crippen LogP contribution is 2.36. The summed E-state index contributed by atoms with van der Waals surface area (Å²) in [5.74, 6) is 3.03. The number of rotatable bonds is 0. The predicted molar refractivity (Wildman–Crippen MR) is 399 cm³/mol. The van der Waals surface area contributed by atoms with E-state index >= 15 is 0 Å². The normalized spacial score (nSPS) is 13.7. The molecule has 3 aliphatic heterocycles. The summed E-state index contributed by atoms with van der Waals surface area (Å²) in [6, 6.07) is 44.0. The fraction of sp³-hybridized carbons (Fsp3) is 0.506. The second-order valence-corrected chi connectivity index (χ2v) is 30.0. The second kappa shape index (κ2) is 38.9. The molecule has 9 aromatic rings. The summed E-state index contributed by atoms with van der Waals surface area (Å²) in [6.07, 6.45) is 14.1. The Balaban J connectivity index is 0.000000360. The lowest BCUT2D eigenvalue weighted by molar-refractivity contribution is 0.110. The van der Waals surface area contributed by atoms with Gasteiger partial charge in [-0.1, -0.05) is 259 Å². The van der Waals surface area contributed by atoms with Gasteiger partial charge in [-0.15, -0.1) is 0 Å². The van der Waals surface area contributed by atoms with Crippen molar-refractivity contribution in [3.05, 3.63) is 198 Å². The Bertz CT molecular complexity index is 3190. The zero-order valence-electron chi connectivity index (χ0n) is 62.7. The molecule has 504 valence electrons. The first-order chi connectivity index (χ1) is 43.1. The van der Waals surface area contributed by atoms with Crippen LogP contribution in [0.25, 0.3) is 32.8 Å². The Labute approximate surface area is 560 Å². The Morgan fingerprint density at radius 1 is 0.391 bits per heavy atom. The second-order valence-electron chi connectivity index (χ2n) is 30.0. The summed E-state index contributed by atoms with van der Waals surface area (Å²) in [7, 11) is 0. The zero-order chi connectivity index (χ0) is 69.5. The number of aryl methyl sites for hydroxylation is 1. The number of aromatic nitrogens is 6. The van der Waals surface area contributed by atoms with E-state index in [1.54, 1.807) is 12.4 Å². The molecule has 0 aliphatic carbocycles. The molecule has 4 aromatic heterocycles. The lowest BCUT2D eigenvalue weighted by Crippen LogP contribution is -2.23. The molecule has 12 rings (SSSR count). The average molecular weight is 1250 g/mol. The third kappa shape index (κ3) is 30.2. The first-order valence-electron chi connectivity index (χ1n) is 34.1. The molecule has 1 unspecified atom stereocenters. The zero-order valence-corrected chi connectivity index (χ0v) is 62.7. The van der Waals surface area contributed by atoms with Gasteiger partial charge in [0.1, 0.15) is 19.0 Å². The molecular weight excluding hydrogens is 1130 g/mol. The van der Waals surface area contributed by atoms with Crippen molar-refractivity contribution in [1.29, 1.82) is 0 Å². The summed E-state index contributed by atoms with van der Waals surface area (Å²) in [5.41, 5.74) is 14.0. The highest BCUT2D eigenvalue weighted by molar-refractivity contribution is 5.79. The van der Waals surface area contributed by atoms with Crippen LogP contribution in [0.15, 0.2) is 158 Å². The molecule has 3 aliphatic rings. The minimum Gasteiger partial charge on any atom is -0.486 e. The van der Waals surface area contributed by atoms with E-state index < -0.39 is 0 Å². The molecule has 9 heteroatoms. The highest BCUT2D eigenvalue weighted by atomic mass is 16.6. The van der Waals surface area contributed by atoms with Crippen molar-refractivity contribution in [3.8, 4) is 11.5 Å². The third-order valence-corrected chi connectivity index (χ3v) is 13.7. The highest BCUT2D eigenvalue weighted by Gasteiger charge is 2.26. The molecule has 0 radical (unpaired) electrons.